The molecular formula is C5H13NO3S2. The highest BCUT2D eigenvalue weighted by Gasteiger charge is 2.08. The molecule has 0 saturated heterocycles. The van der Waals surface area contributed by atoms with E-state index in [0.29, 0.717) is 6.42 Å². The average molecular weight is 199 g/mol. The van der Waals surface area contributed by atoms with Gasteiger partial charge in [0, 0.05) is 0 Å². The van der Waals surface area contributed by atoms with Crippen LogP contribution in [0.3, 0.4) is 0 Å². The molecule has 0 bridgehead atoms. The topological polar surface area (TPSA) is 80.4 Å². The van der Waals surface area contributed by atoms with Gasteiger partial charge in [0.05, 0.1) is 0 Å². The number of aliphatic carboxylic acids is 1. The minimum absolute atomic E-state index is 0.552. The monoisotopic (exact) mass is 199 g/mol. The highest BCUT2D eigenvalue weighted by Crippen LogP contribution is 1.97. The van der Waals surface area contributed by atoms with Gasteiger partial charge in [-0.25, -0.2) is 0 Å². The first-order chi connectivity index (χ1) is 5.18. The third-order valence-electron chi connectivity index (χ3n) is 0.950. The van der Waals surface area contributed by atoms with Crippen molar-refractivity contribution >= 4 is 30.3 Å². The summed E-state index contributed by atoms with van der Waals surface area (Å²) < 4.78 is 8.06. The van der Waals surface area contributed by atoms with Gasteiger partial charge in [-0.15, -0.1) is 0 Å². The molecule has 0 aliphatic heterocycles. The number of hydrogen-bond acceptors (Lipinski definition) is 4. The maximum Gasteiger partial charge on any atom is 0.320 e. The largest absolute Gasteiger partial charge is 0.480 e. The summed E-state index contributed by atoms with van der Waals surface area (Å²) in [6.07, 6.45) is 2.48. The van der Waals surface area contributed by atoms with E-state index in [1.165, 1.54) is 0 Å². The first-order valence-corrected chi connectivity index (χ1v) is 4.66. The van der Waals surface area contributed by atoms with Gasteiger partial charge in [0.25, 0.3) is 0 Å². The molecule has 0 fully saturated rings. The zero-order chi connectivity index (χ0) is 9.28. The SMILES string of the molecule is CSCC[C@H](N)C(=O)O.O=[SH2]. The molecule has 4 nitrogen and oxygen atoms in total. The predicted octanol–water partition coefficient (Wildman–Crippen LogP) is -0.720. The van der Waals surface area contributed by atoms with Crippen molar-refractivity contribution in [3.8, 4) is 0 Å². The summed E-state index contributed by atoms with van der Waals surface area (Å²) in [6, 6.07) is -0.683. The van der Waals surface area contributed by atoms with Gasteiger partial charge in [-0.05, 0) is 31.0 Å². The number of hydrogen-bond donors (Lipinski definition) is 2. The first kappa shape index (κ1) is 13.5. The lowest BCUT2D eigenvalue weighted by Crippen LogP contribution is -2.30. The Kier molecular flexibility index (Phi) is 12.2. The quantitative estimate of drug-likeness (QED) is 0.624. The van der Waals surface area contributed by atoms with Crippen molar-refractivity contribution in [3.63, 3.8) is 0 Å². The van der Waals surface area contributed by atoms with Crippen molar-refractivity contribution in [3.05, 3.63) is 0 Å². The van der Waals surface area contributed by atoms with Crippen LogP contribution in [0.2, 0.25) is 0 Å². The van der Waals surface area contributed by atoms with Gasteiger partial charge >= 0.3 is 5.97 Å². The second kappa shape index (κ2) is 9.93. The summed E-state index contributed by atoms with van der Waals surface area (Å²) in [6.45, 7) is 0. The maximum absolute atomic E-state index is 10.1. The highest BCUT2D eigenvalue weighted by molar-refractivity contribution is 7.98. The van der Waals surface area contributed by atoms with E-state index in [1.54, 1.807) is 24.3 Å². The second-order valence-corrected chi connectivity index (χ2v) is 2.71. The summed E-state index contributed by atoms with van der Waals surface area (Å²) in [4.78, 5) is 10.1. The normalized spacial score (nSPS) is 11.2. The number of carboxylic acids is 1. The molecule has 11 heavy (non-hydrogen) atoms. The lowest BCUT2D eigenvalue weighted by atomic mass is 10.2. The zero-order valence-electron chi connectivity index (χ0n) is 6.24. The number of nitrogens with two attached hydrogens (primary N) is 1. The predicted molar refractivity (Wildman–Crippen MR) is 49.5 cm³/mol. The molecule has 0 spiro atoms. The van der Waals surface area contributed by atoms with Crippen LogP contribution in [0.4, 0.5) is 0 Å². The summed E-state index contributed by atoms with van der Waals surface area (Å²) >= 11 is 3.33. The Labute approximate surface area is 75.1 Å². The lowest BCUT2D eigenvalue weighted by Gasteiger charge is -2.02. The molecule has 0 rings (SSSR count). The van der Waals surface area contributed by atoms with E-state index in [9.17, 15) is 4.79 Å². The summed E-state index contributed by atoms with van der Waals surface area (Å²) in [5.74, 6) is -0.1000. The molecule has 0 saturated carbocycles. The third kappa shape index (κ3) is 9.93. The van der Waals surface area contributed by atoms with Crippen molar-refractivity contribution in [2.75, 3.05) is 12.0 Å². The van der Waals surface area contributed by atoms with Crippen LogP contribution >= 0.6 is 11.8 Å². The molecule has 0 aromatic carbocycles. The van der Waals surface area contributed by atoms with Crippen molar-refractivity contribution < 1.29 is 14.1 Å². The van der Waals surface area contributed by atoms with Gasteiger partial charge in [-0.2, -0.15) is 11.8 Å². The maximum atomic E-state index is 10.1. The molecule has 3 N–H and O–H groups in total. The molecule has 1 atom stereocenters. The number of carbonyl (C=O) groups is 1. The Balaban J connectivity index is 0. The molecule has 0 aliphatic carbocycles. The van der Waals surface area contributed by atoms with E-state index < -0.39 is 12.0 Å². The Morgan fingerprint density at radius 1 is 1.73 bits per heavy atom. The average Bonchev–Trinajstić information content (AvgIpc) is 2.03. The zero-order valence-corrected chi connectivity index (χ0v) is 8.06. The van der Waals surface area contributed by atoms with Crippen LogP contribution in [0.1, 0.15) is 6.42 Å². The Hall–Kier alpha value is -0.0700. The van der Waals surface area contributed by atoms with Gasteiger partial charge in [0.15, 0.2) is 0 Å². The number of rotatable bonds is 4. The molecule has 0 unspecified atom stereocenters. The van der Waals surface area contributed by atoms with E-state index in [4.69, 9.17) is 15.0 Å². The van der Waals surface area contributed by atoms with Crippen LogP contribution in [0.5, 0.6) is 0 Å². The smallest absolute Gasteiger partial charge is 0.320 e. The minimum Gasteiger partial charge on any atom is -0.480 e. The van der Waals surface area contributed by atoms with E-state index in [0.717, 1.165) is 5.75 Å². The Morgan fingerprint density at radius 3 is 2.45 bits per heavy atom. The Bertz CT molecular complexity index is 112. The standard InChI is InChI=1S/C5H11NO2S.H2OS/c1-9-3-2-4(6)5(7)8;1-2/h4H,2-3,6H2,1H3,(H,7,8);2H2/t4-;/m0./s1. The van der Waals surface area contributed by atoms with Gasteiger partial charge in [0.2, 0.25) is 0 Å². The van der Waals surface area contributed by atoms with Crippen molar-refractivity contribution in [1.82, 2.24) is 0 Å². The van der Waals surface area contributed by atoms with Crippen LogP contribution in [-0.4, -0.2) is 33.3 Å². The molecule has 68 valence electrons. The third-order valence-corrected chi connectivity index (χ3v) is 1.59. The molecule has 0 amide bonds. The molecule has 6 heteroatoms. The van der Waals surface area contributed by atoms with Crippen LogP contribution in [-0.2, 0) is 17.3 Å². The van der Waals surface area contributed by atoms with Gasteiger partial charge < -0.3 is 10.8 Å². The molecule has 0 aromatic heterocycles. The first-order valence-electron chi connectivity index (χ1n) is 2.86. The number of carboxylic acid groups (broad SMARTS) is 1. The fourth-order valence-electron chi connectivity index (χ4n) is 0.368. The van der Waals surface area contributed by atoms with Crippen LogP contribution in [0, 0.1) is 0 Å². The van der Waals surface area contributed by atoms with E-state index >= 15 is 0 Å². The fraction of sp³-hybridized carbons (Fsp3) is 0.800. The summed E-state index contributed by atoms with van der Waals surface area (Å²) in [7, 11) is 0. The van der Waals surface area contributed by atoms with Crippen molar-refractivity contribution in [2.45, 2.75) is 12.5 Å². The molecule has 0 aromatic rings. The Morgan fingerprint density at radius 2 is 2.18 bits per heavy atom. The second-order valence-electron chi connectivity index (χ2n) is 1.73. The summed E-state index contributed by atoms with van der Waals surface area (Å²) in [5.41, 5.74) is 5.19. The summed E-state index contributed by atoms with van der Waals surface area (Å²) in [5, 5.41) is 8.27. The van der Waals surface area contributed by atoms with Crippen LogP contribution in [0.25, 0.3) is 0 Å². The lowest BCUT2D eigenvalue weighted by molar-refractivity contribution is -0.138. The molecule has 0 aliphatic rings. The van der Waals surface area contributed by atoms with Gasteiger partial charge in [0.1, 0.15) is 6.04 Å². The van der Waals surface area contributed by atoms with Crippen molar-refractivity contribution in [2.24, 2.45) is 5.73 Å². The van der Waals surface area contributed by atoms with Crippen molar-refractivity contribution in [1.29, 1.82) is 0 Å². The van der Waals surface area contributed by atoms with Gasteiger partial charge in [-0.1, -0.05) is 0 Å². The molecule has 0 radical (unpaired) electrons. The van der Waals surface area contributed by atoms with Crippen LogP contribution < -0.4 is 5.73 Å². The molecule has 0 heterocycles. The molecular weight excluding hydrogens is 186 g/mol. The fourth-order valence-corrected chi connectivity index (χ4v) is 0.858. The van der Waals surface area contributed by atoms with E-state index in [2.05, 4.69) is 0 Å². The van der Waals surface area contributed by atoms with Gasteiger partial charge in [-0.3, -0.25) is 9.00 Å². The van der Waals surface area contributed by atoms with E-state index in [1.807, 2.05) is 6.26 Å². The minimum atomic E-state index is -0.913. The van der Waals surface area contributed by atoms with E-state index in [-0.39, 0.29) is 0 Å². The number of thioether (sulfide) groups is 1. The highest BCUT2D eigenvalue weighted by atomic mass is 32.2. The van der Waals surface area contributed by atoms with Crippen LogP contribution in [0.15, 0.2) is 0 Å².